The normalized spacial score (nSPS) is 19.3. The number of carbonyl (C=O) groups excluding carboxylic acids is 2. The molecule has 0 aromatic carbocycles. The van der Waals surface area contributed by atoms with Gasteiger partial charge in [-0.05, 0) is 13.8 Å². The largest absolute Gasteiger partial charge is 0.346 e. The molecule has 0 aromatic rings. The van der Waals surface area contributed by atoms with Gasteiger partial charge in [0.05, 0.1) is 16.2 Å². The molecule has 1 heterocycles. The Morgan fingerprint density at radius 1 is 1.50 bits per heavy atom. The standard InChI is InChI=1S/C11H16Cl2N2O2S/c1-6(2)15(3)9(16)5-14-11(17)8-4-7(12)10(13)18-8/h6,8H,4-5H2,1-3H3,(H,14,17). The predicted octanol–water partition coefficient (Wildman–Crippen LogP) is 2.12. The van der Waals surface area contributed by atoms with Crippen LogP contribution in [0.25, 0.3) is 0 Å². The molecule has 1 aliphatic heterocycles. The van der Waals surface area contributed by atoms with E-state index >= 15 is 0 Å². The van der Waals surface area contributed by atoms with Crippen LogP contribution in [0.3, 0.4) is 0 Å². The minimum Gasteiger partial charge on any atom is -0.346 e. The van der Waals surface area contributed by atoms with Crippen molar-refractivity contribution in [2.45, 2.75) is 31.6 Å². The Morgan fingerprint density at radius 3 is 2.56 bits per heavy atom. The van der Waals surface area contributed by atoms with Crippen molar-refractivity contribution in [1.29, 1.82) is 0 Å². The highest BCUT2D eigenvalue weighted by Gasteiger charge is 2.29. The molecule has 1 aliphatic rings. The lowest BCUT2D eigenvalue weighted by Crippen LogP contribution is -2.43. The maximum atomic E-state index is 11.8. The van der Waals surface area contributed by atoms with E-state index in [1.165, 1.54) is 11.8 Å². The minimum atomic E-state index is -0.331. The van der Waals surface area contributed by atoms with Crippen LogP contribution in [-0.2, 0) is 9.59 Å². The van der Waals surface area contributed by atoms with E-state index in [1.54, 1.807) is 11.9 Å². The van der Waals surface area contributed by atoms with E-state index in [0.717, 1.165) is 0 Å². The number of nitrogens with zero attached hydrogens (tertiary/aromatic N) is 1. The molecule has 0 saturated heterocycles. The molecule has 18 heavy (non-hydrogen) atoms. The molecule has 4 nitrogen and oxygen atoms in total. The molecule has 1 unspecified atom stereocenters. The number of carbonyl (C=O) groups is 2. The van der Waals surface area contributed by atoms with Crippen LogP contribution in [0.2, 0.25) is 0 Å². The first kappa shape index (κ1) is 15.7. The first-order valence-corrected chi connectivity index (χ1v) is 7.20. The Morgan fingerprint density at radius 2 is 2.11 bits per heavy atom. The summed E-state index contributed by atoms with van der Waals surface area (Å²) in [6.07, 6.45) is 0.422. The molecular formula is C11H16Cl2N2O2S. The van der Waals surface area contributed by atoms with Crippen molar-refractivity contribution in [1.82, 2.24) is 10.2 Å². The second-order valence-electron chi connectivity index (χ2n) is 4.31. The van der Waals surface area contributed by atoms with Gasteiger partial charge in [-0.15, -0.1) is 0 Å². The lowest BCUT2D eigenvalue weighted by molar-refractivity contribution is -0.132. The first-order chi connectivity index (χ1) is 8.32. The highest BCUT2D eigenvalue weighted by atomic mass is 35.5. The molecule has 1 N–H and O–H groups in total. The zero-order valence-electron chi connectivity index (χ0n) is 10.5. The smallest absolute Gasteiger partial charge is 0.241 e. The molecule has 1 rings (SSSR count). The van der Waals surface area contributed by atoms with E-state index in [4.69, 9.17) is 23.2 Å². The topological polar surface area (TPSA) is 49.4 Å². The Labute approximate surface area is 121 Å². The van der Waals surface area contributed by atoms with Crippen molar-refractivity contribution in [2.24, 2.45) is 0 Å². The number of thioether (sulfide) groups is 1. The van der Waals surface area contributed by atoms with Gasteiger partial charge in [-0.3, -0.25) is 9.59 Å². The lowest BCUT2D eigenvalue weighted by Gasteiger charge is -2.21. The average molecular weight is 311 g/mol. The summed E-state index contributed by atoms with van der Waals surface area (Å²) in [5.74, 6) is -0.328. The van der Waals surface area contributed by atoms with Gasteiger partial charge in [0.1, 0.15) is 0 Å². The third kappa shape index (κ3) is 4.07. The van der Waals surface area contributed by atoms with Crippen LogP contribution < -0.4 is 5.32 Å². The molecule has 102 valence electrons. The number of likely N-dealkylation sites (N-methyl/N-ethyl adjacent to an activating group) is 1. The van der Waals surface area contributed by atoms with E-state index in [1.807, 2.05) is 13.8 Å². The van der Waals surface area contributed by atoms with Crippen molar-refractivity contribution >= 4 is 46.8 Å². The molecule has 0 saturated carbocycles. The number of hydrogen-bond acceptors (Lipinski definition) is 3. The fourth-order valence-electron chi connectivity index (χ4n) is 1.31. The van der Waals surface area contributed by atoms with Crippen LogP contribution >= 0.6 is 35.0 Å². The SMILES string of the molecule is CC(C)N(C)C(=O)CNC(=O)C1CC(Cl)=C(Cl)S1. The third-order valence-electron chi connectivity index (χ3n) is 2.70. The Balaban J connectivity index is 2.37. The molecule has 7 heteroatoms. The van der Waals surface area contributed by atoms with Gasteiger partial charge in [-0.25, -0.2) is 0 Å². The summed E-state index contributed by atoms with van der Waals surface area (Å²) in [6.45, 7) is 3.83. The number of rotatable bonds is 4. The number of amides is 2. The number of allylic oxidation sites excluding steroid dienone is 1. The summed E-state index contributed by atoms with van der Waals surface area (Å²) in [5, 5.41) is 2.78. The van der Waals surface area contributed by atoms with Crippen LogP contribution in [0.1, 0.15) is 20.3 Å². The van der Waals surface area contributed by atoms with Gasteiger partial charge in [-0.1, -0.05) is 35.0 Å². The van der Waals surface area contributed by atoms with E-state index < -0.39 is 0 Å². The molecule has 0 fully saturated rings. The Kier molecular flexibility index (Phi) is 5.82. The van der Waals surface area contributed by atoms with Gasteiger partial charge in [0.2, 0.25) is 11.8 Å². The molecule has 2 amide bonds. The number of hydrogen-bond donors (Lipinski definition) is 1. The van der Waals surface area contributed by atoms with E-state index in [-0.39, 0.29) is 29.7 Å². The zero-order chi connectivity index (χ0) is 13.9. The summed E-state index contributed by atoms with van der Waals surface area (Å²) in [7, 11) is 1.71. The van der Waals surface area contributed by atoms with Gasteiger partial charge < -0.3 is 10.2 Å². The zero-order valence-corrected chi connectivity index (χ0v) is 12.8. The van der Waals surface area contributed by atoms with E-state index in [0.29, 0.717) is 15.8 Å². The minimum absolute atomic E-state index is 0.000187. The van der Waals surface area contributed by atoms with Crippen molar-refractivity contribution in [2.75, 3.05) is 13.6 Å². The molecule has 0 bridgehead atoms. The van der Waals surface area contributed by atoms with Crippen molar-refractivity contribution in [3.63, 3.8) is 0 Å². The second kappa shape index (κ2) is 6.68. The van der Waals surface area contributed by atoms with Crippen molar-refractivity contribution in [3.8, 4) is 0 Å². The molecule has 0 aromatic heterocycles. The summed E-state index contributed by atoms with van der Waals surface area (Å²) < 4.78 is 0.461. The van der Waals surface area contributed by atoms with E-state index in [9.17, 15) is 9.59 Å². The molecule has 0 radical (unpaired) electrons. The monoisotopic (exact) mass is 310 g/mol. The summed E-state index contributed by atoms with van der Waals surface area (Å²) in [6, 6.07) is 0.112. The quantitative estimate of drug-likeness (QED) is 0.865. The van der Waals surface area contributed by atoms with Crippen LogP contribution in [0.5, 0.6) is 0 Å². The maximum absolute atomic E-state index is 11.8. The van der Waals surface area contributed by atoms with Gasteiger partial charge in [-0.2, -0.15) is 0 Å². The van der Waals surface area contributed by atoms with Crippen LogP contribution in [-0.4, -0.2) is 41.6 Å². The second-order valence-corrected chi connectivity index (χ2v) is 6.58. The summed E-state index contributed by atoms with van der Waals surface area (Å²) in [5.41, 5.74) is 0. The summed E-state index contributed by atoms with van der Waals surface area (Å²) in [4.78, 5) is 25.0. The highest BCUT2D eigenvalue weighted by Crippen LogP contribution is 2.41. The van der Waals surface area contributed by atoms with Gasteiger partial charge in [0.25, 0.3) is 0 Å². The fourth-order valence-corrected chi connectivity index (χ4v) is 2.99. The molecule has 0 aliphatic carbocycles. The highest BCUT2D eigenvalue weighted by molar-refractivity contribution is 8.06. The Hall–Kier alpha value is -0.390. The molecule has 1 atom stereocenters. The van der Waals surface area contributed by atoms with Gasteiger partial charge in [0, 0.05) is 24.5 Å². The molecule has 0 spiro atoms. The lowest BCUT2D eigenvalue weighted by atomic mass is 10.3. The predicted molar refractivity (Wildman–Crippen MR) is 75.6 cm³/mol. The van der Waals surface area contributed by atoms with E-state index in [2.05, 4.69) is 5.32 Å². The first-order valence-electron chi connectivity index (χ1n) is 5.57. The van der Waals surface area contributed by atoms with Gasteiger partial charge in [0.15, 0.2) is 0 Å². The molecular weight excluding hydrogens is 295 g/mol. The Bertz CT molecular complexity index is 371. The van der Waals surface area contributed by atoms with Crippen LogP contribution in [0.15, 0.2) is 9.40 Å². The number of nitrogens with one attached hydrogen (secondary N) is 1. The fraction of sp³-hybridized carbons (Fsp3) is 0.636. The van der Waals surface area contributed by atoms with Crippen molar-refractivity contribution in [3.05, 3.63) is 9.40 Å². The van der Waals surface area contributed by atoms with Crippen LogP contribution in [0, 0.1) is 0 Å². The number of halogens is 2. The summed E-state index contributed by atoms with van der Waals surface area (Å²) >= 11 is 12.9. The average Bonchev–Trinajstić information content (AvgIpc) is 2.65. The van der Waals surface area contributed by atoms with Gasteiger partial charge >= 0.3 is 0 Å². The maximum Gasteiger partial charge on any atom is 0.241 e. The van der Waals surface area contributed by atoms with Crippen LogP contribution in [0.4, 0.5) is 0 Å². The third-order valence-corrected chi connectivity index (χ3v) is 4.86. The van der Waals surface area contributed by atoms with Crippen molar-refractivity contribution < 1.29 is 9.59 Å².